The molecule has 0 aliphatic carbocycles. The van der Waals surface area contributed by atoms with Gasteiger partial charge < -0.3 is 20.3 Å². The smallest absolute Gasteiger partial charge is 0.305 e. The molecule has 0 aromatic heterocycles. The minimum atomic E-state index is -0.842. The maximum atomic E-state index is 12.6. The second kappa shape index (κ2) is 79.0. The van der Waals surface area contributed by atoms with E-state index in [-0.39, 0.29) is 18.5 Å². The molecule has 0 heterocycles. The number of unbranched alkanes of at least 4 members (excludes halogenated alkanes) is 68. The number of carbonyl (C=O) groups is 2. The van der Waals surface area contributed by atoms with Crippen LogP contribution in [-0.4, -0.2) is 47.4 Å². The number of nitrogens with one attached hydrogen (secondary N) is 1. The first-order chi connectivity index (χ1) is 44.0. The van der Waals surface area contributed by atoms with E-state index in [1.165, 1.54) is 417 Å². The first-order valence-electron chi connectivity index (χ1n) is 41.5. The van der Waals surface area contributed by atoms with E-state index in [0.29, 0.717) is 19.4 Å². The lowest BCUT2D eigenvalue weighted by Crippen LogP contribution is -2.45. The van der Waals surface area contributed by atoms with Crippen LogP contribution in [-0.2, 0) is 14.3 Å². The van der Waals surface area contributed by atoms with Gasteiger partial charge >= 0.3 is 5.97 Å². The molecule has 3 N–H and O–H groups in total. The van der Waals surface area contributed by atoms with Gasteiger partial charge in [-0.25, -0.2) is 0 Å². The Kier molecular flexibility index (Phi) is 77.8. The van der Waals surface area contributed by atoms with Gasteiger partial charge in [-0.15, -0.1) is 0 Å². The Hall–Kier alpha value is -1.40. The van der Waals surface area contributed by atoms with Gasteiger partial charge in [-0.3, -0.25) is 9.59 Å². The highest BCUT2D eigenvalue weighted by Gasteiger charge is 2.18. The molecular formula is C83H163NO5. The van der Waals surface area contributed by atoms with Crippen molar-refractivity contribution in [3.8, 4) is 0 Å². The number of allylic oxidation sites excluding steroid dienone is 1. The van der Waals surface area contributed by atoms with Crippen molar-refractivity contribution >= 4 is 11.9 Å². The third kappa shape index (κ3) is 75.5. The normalized spacial score (nSPS) is 12.4. The third-order valence-corrected chi connectivity index (χ3v) is 19.8. The van der Waals surface area contributed by atoms with E-state index in [9.17, 15) is 19.8 Å². The lowest BCUT2D eigenvalue weighted by atomic mass is 10.0. The number of amides is 1. The molecule has 1 amide bonds. The maximum Gasteiger partial charge on any atom is 0.305 e. The van der Waals surface area contributed by atoms with E-state index in [1.807, 2.05) is 6.08 Å². The molecule has 0 radical (unpaired) electrons. The molecule has 0 saturated heterocycles. The SMILES string of the molecule is CCCCCCCCCCCCCCCCCCCCCCC/C=C/C(O)C(CO)NC(=O)CCCCCCCCCCCCCCCCCCCCCCCCCCCCCCCCCOC(=O)CCCCCCCCCCCCCCCCCCCC. The van der Waals surface area contributed by atoms with Gasteiger partial charge in [0.15, 0.2) is 0 Å². The Labute approximate surface area is 559 Å². The van der Waals surface area contributed by atoms with Gasteiger partial charge in [-0.2, -0.15) is 0 Å². The highest BCUT2D eigenvalue weighted by atomic mass is 16.5. The molecule has 0 saturated carbocycles. The number of ether oxygens (including phenoxy) is 1. The molecular weight excluding hydrogens is 1090 g/mol. The first kappa shape index (κ1) is 87.6. The van der Waals surface area contributed by atoms with Crippen LogP contribution in [0.1, 0.15) is 483 Å². The van der Waals surface area contributed by atoms with Gasteiger partial charge in [-0.05, 0) is 32.1 Å². The van der Waals surface area contributed by atoms with E-state index in [2.05, 4.69) is 19.2 Å². The monoisotopic (exact) mass is 1250 g/mol. The van der Waals surface area contributed by atoms with E-state index in [1.54, 1.807) is 6.08 Å². The topological polar surface area (TPSA) is 95.9 Å². The Morgan fingerprint density at radius 1 is 0.303 bits per heavy atom. The summed E-state index contributed by atoms with van der Waals surface area (Å²) in [6, 6.07) is -0.625. The number of rotatable bonds is 79. The van der Waals surface area contributed by atoms with Gasteiger partial charge in [0.2, 0.25) is 5.91 Å². The number of aliphatic hydroxyl groups is 2. The lowest BCUT2D eigenvalue weighted by molar-refractivity contribution is -0.143. The lowest BCUT2D eigenvalue weighted by Gasteiger charge is -2.20. The molecule has 89 heavy (non-hydrogen) atoms. The van der Waals surface area contributed by atoms with Crippen molar-refractivity contribution in [2.45, 2.75) is 495 Å². The summed E-state index contributed by atoms with van der Waals surface area (Å²) in [4.78, 5) is 24.7. The number of esters is 1. The highest BCUT2D eigenvalue weighted by molar-refractivity contribution is 5.76. The Morgan fingerprint density at radius 3 is 0.764 bits per heavy atom. The standard InChI is InChI=1S/C83H163NO5/c1-3-5-7-9-11-13-15-17-19-21-23-24-34-37-40-43-47-51-55-59-63-67-71-75-81(86)80(79-85)84-82(87)76-72-68-64-60-56-52-48-44-41-38-35-32-30-28-26-25-27-29-31-33-36-39-42-46-50-54-58-62-66-70-74-78-89-83(88)77-73-69-65-61-57-53-49-45-22-20-18-16-14-12-10-8-6-4-2/h71,75,80-81,85-86H,3-70,72-74,76-79H2,1-2H3,(H,84,87)/b75-71+. The van der Waals surface area contributed by atoms with Crippen molar-refractivity contribution < 1.29 is 24.5 Å². The molecule has 6 heteroatoms. The Balaban J connectivity index is 3.33. The van der Waals surface area contributed by atoms with Crippen LogP contribution in [0.5, 0.6) is 0 Å². The van der Waals surface area contributed by atoms with Gasteiger partial charge in [0, 0.05) is 12.8 Å². The van der Waals surface area contributed by atoms with Crippen LogP contribution in [0.25, 0.3) is 0 Å². The van der Waals surface area contributed by atoms with Gasteiger partial charge in [0.1, 0.15) is 0 Å². The average molecular weight is 1260 g/mol. The number of aliphatic hydroxyl groups excluding tert-OH is 2. The van der Waals surface area contributed by atoms with Crippen molar-refractivity contribution in [2.75, 3.05) is 13.2 Å². The van der Waals surface area contributed by atoms with Crippen LogP contribution < -0.4 is 5.32 Å². The van der Waals surface area contributed by atoms with Crippen molar-refractivity contribution in [1.29, 1.82) is 0 Å². The molecule has 0 aliphatic rings. The van der Waals surface area contributed by atoms with Gasteiger partial charge in [-0.1, -0.05) is 450 Å². The fourth-order valence-electron chi connectivity index (χ4n) is 13.5. The molecule has 0 fully saturated rings. The molecule has 2 atom stereocenters. The zero-order valence-electron chi connectivity index (χ0n) is 61.0. The predicted octanol–water partition coefficient (Wildman–Crippen LogP) is 27.4. The molecule has 6 nitrogen and oxygen atoms in total. The molecule has 530 valence electrons. The van der Waals surface area contributed by atoms with Crippen LogP contribution in [0.4, 0.5) is 0 Å². The summed E-state index contributed by atoms with van der Waals surface area (Å²) >= 11 is 0. The Morgan fingerprint density at radius 2 is 0.517 bits per heavy atom. The molecule has 2 unspecified atom stereocenters. The Bertz CT molecular complexity index is 1350. The zero-order chi connectivity index (χ0) is 64.2. The van der Waals surface area contributed by atoms with Crippen molar-refractivity contribution in [2.24, 2.45) is 0 Å². The van der Waals surface area contributed by atoms with Gasteiger partial charge in [0.25, 0.3) is 0 Å². The quantitative estimate of drug-likeness (QED) is 0.0320. The molecule has 0 aliphatic heterocycles. The number of hydrogen-bond acceptors (Lipinski definition) is 5. The molecule has 0 aromatic rings. The van der Waals surface area contributed by atoms with E-state index < -0.39 is 12.1 Å². The first-order valence-corrected chi connectivity index (χ1v) is 41.5. The number of carbonyl (C=O) groups excluding carboxylic acids is 2. The van der Waals surface area contributed by atoms with Crippen LogP contribution in [0.2, 0.25) is 0 Å². The third-order valence-electron chi connectivity index (χ3n) is 19.8. The molecule has 0 spiro atoms. The summed E-state index contributed by atoms with van der Waals surface area (Å²) in [6.07, 6.45) is 101. The minimum absolute atomic E-state index is 0.0263. The summed E-state index contributed by atoms with van der Waals surface area (Å²) in [5.74, 6) is -0.0316. The summed E-state index contributed by atoms with van der Waals surface area (Å²) in [6.45, 7) is 4.97. The summed E-state index contributed by atoms with van der Waals surface area (Å²) in [5.41, 5.74) is 0. The van der Waals surface area contributed by atoms with Crippen LogP contribution in [0.3, 0.4) is 0 Å². The summed E-state index contributed by atoms with van der Waals surface area (Å²) in [7, 11) is 0. The minimum Gasteiger partial charge on any atom is -0.466 e. The fourth-order valence-corrected chi connectivity index (χ4v) is 13.5. The van der Waals surface area contributed by atoms with Crippen LogP contribution in [0, 0.1) is 0 Å². The van der Waals surface area contributed by atoms with Crippen LogP contribution >= 0.6 is 0 Å². The fraction of sp³-hybridized carbons (Fsp3) is 0.952. The molecule has 0 aromatic carbocycles. The second-order valence-electron chi connectivity index (χ2n) is 28.8. The zero-order valence-corrected chi connectivity index (χ0v) is 61.0. The van der Waals surface area contributed by atoms with Crippen molar-refractivity contribution in [1.82, 2.24) is 5.32 Å². The molecule has 0 bridgehead atoms. The summed E-state index contributed by atoms with van der Waals surface area (Å²) in [5, 5.41) is 23.3. The van der Waals surface area contributed by atoms with E-state index in [0.717, 1.165) is 38.5 Å². The predicted molar refractivity (Wildman–Crippen MR) is 394 cm³/mol. The second-order valence-corrected chi connectivity index (χ2v) is 28.8. The van der Waals surface area contributed by atoms with E-state index >= 15 is 0 Å². The van der Waals surface area contributed by atoms with Crippen LogP contribution in [0.15, 0.2) is 12.2 Å². The van der Waals surface area contributed by atoms with E-state index in [4.69, 9.17) is 4.74 Å². The maximum absolute atomic E-state index is 12.6. The highest BCUT2D eigenvalue weighted by Crippen LogP contribution is 2.21. The summed E-state index contributed by atoms with van der Waals surface area (Å²) < 4.78 is 5.52. The largest absolute Gasteiger partial charge is 0.466 e. The average Bonchev–Trinajstić information content (AvgIpc) is 3.55. The van der Waals surface area contributed by atoms with Gasteiger partial charge in [0.05, 0.1) is 25.4 Å². The van der Waals surface area contributed by atoms with Crippen molar-refractivity contribution in [3.63, 3.8) is 0 Å². The van der Waals surface area contributed by atoms with Crippen molar-refractivity contribution in [3.05, 3.63) is 12.2 Å². The molecule has 0 rings (SSSR count). The number of hydrogen-bond donors (Lipinski definition) is 3.